The van der Waals surface area contributed by atoms with Crippen LogP contribution in [-0.2, 0) is 0 Å². The van der Waals surface area contributed by atoms with Crippen LogP contribution in [0, 0.1) is 0 Å². The number of nitrogens with zero attached hydrogens (tertiary/aromatic N) is 5. The molecule has 2 aliphatic rings. The third-order valence-electron chi connectivity index (χ3n) is 6.10. The van der Waals surface area contributed by atoms with Crippen molar-refractivity contribution in [1.29, 1.82) is 0 Å². The van der Waals surface area contributed by atoms with Gasteiger partial charge in [-0.3, -0.25) is 4.90 Å². The first-order chi connectivity index (χ1) is 13.8. The third-order valence-corrected chi connectivity index (χ3v) is 7.19. The second-order valence-electron chi connectivity index (χ2n) is 7.97. The zero-order valence-corrected chi connectivity index (χ0v) is 17.2. The van der Waals surface area contributed by atoms with Gasteiger partial charge in [0.25, 0.3) is 0 Å². The Morgan fingerprint density at radius 2 is 1.82 bits per heavy atom. The molecule has 0 bridgehead atoms. The van der Waals surface area contributed by atoms with Crippen molar-refractivity contribution in [3.8, 4) is 10.4 Å². The predicted octanol–water partition coefficient (Wildman–Crippen LogP) is 3.57. The molecule has 28 heavy (non-hydrogen) atoms. The van der Waals surface area contributed by atoms with Crippen molar-refractivity contribution in [2.24, 2.45) is 0 Å². The Bertz CT molecular complexity index is 933. The Hall–Kier alpha value is -2.02. The van der Waals surface area contributed by atoms with Gasteiger partial charge in [-0.05, 0) is 38.1 Å². The standard InChI is InChI=1S/C22H27N5S/c1-25-9-5-8-18(15-25)26-10-12-27(13-11-26)21-19-14-20(17-6-3-2-4-7-17)28-22(19)24-16-23-21/h2-4,6-7,14,16,18H,5,8-13,15H2,1H3. The average Bonchev–Trinajstić information content (AvgIpc) is 3.19. The van der Waals surface area contributed by atoms with Gasteiger partial charge in [0.2, 0.25) is 0 Å². The van der Waals surface area contributed by atoms with Crippen LogP contribution in [0.4, 0.5) is 5.82 Å². The smallest absolute Gasteiger partial charge is 0.140 e. The van der Waals surface area contributed by atoms with E-state index < -0.39 is 0 Å². The highest BCUT2D eigenvalue weighted by atomic mass is 32.1. The molecule has 146 valence electrons. The van der Waals surface area contributed by atoms with Crippen molar-refractivity contribution in [2.75, 3.05) is 51.2 Å². The van der Waals surface area contributed by atoms with Gasteiger partial charge in [0, 0.05) is 43.6 Å². The van der Waals surface area contributed by atoms with Crippen LogP contribution in [0.15, 0.2) is 42.7 Å². The van der Waals surface area contributed by atoms with E-state index in [4.69, 9.17) is 0 Å². The highest BCUT2D eigenvalue weighted by Crippen LogP contribution is 2.36. The van der Waals surface area contributed by atoms with Crippen LogP contribution < -0.4 is 4.90 Å². The number of thiophene rings is 1. The van der Waals surface area contributed by atoms with E-state index >= 15 is 0 Å². The molecule has 4 heterocycles. The van der Waals surface area contributed by atoms with Gasteiger partial charge in [-0.1, -0.05) is 30.3 Å². The number of likely N-dealkylation sites (tertiary alicyclic amines) is 1. The Kier molecular flexibility index (Phi) is 5.01. The fraction of sp³-hybridized carbons (Fsp3) is 0.455. The summed E-state index contributed by atoms with van der Waals surface area (Å²) in [6.07, 6.45) is 4.39. The Labute approximate surface area is 170 Å². The van der Waals surface area contributed by atoms with Gasteiger partial charge in [-0.15, -0.1) is 11.3 Å². The average molecular weight is 394 g/mol. The highest BCUT2D eigenvalue weighted by molar-refractivity contribution is 7.21. The van der Waals surface area contributed by atoms with Crippen LogP contribution in [0.25, 0.3) is 20.7 Å². The quantitative estimate of drug-likeness (QED) is 0.680. The van der Waals surface area contributed by atoms with Crippen LogP contribution in [0.1, 0.15) is 12.8 Å². The zero-order valence-electron chi connectivity index (χ0n) is 16.4. The molecule has 2 aliphatic heterocycles. The number of hydrogen-bond donors (Lipinski definition) is 0. The zero-order chi connectivity index (χ0) is 18.9. The summed E-state index contributed by atoms with van der Waals surface area (Å²) in [5.41, 5.74) is 1.25. The molecular formula is C22H27N5S. The van der Waals surface area contributed by atoms with E-state index in [1.807, 2.05) is 0 Å². The molecule has 0 radical (unpaired) electrons. The predicted molar refractivity (Wildman–Crippen MR) is 117 cm³/mol. The van der Waals surface area contributed by atoms with Crippen molar-refractivity contribution >= 4 is 27.4 Å². The van der Waals surface area contributed by atoms with E-state index in [2.05, 4.69) is 68.1 Å². The summed E-state index contributed by atoms with van der Waals surface area (Å²) in [6.45, 7) is 6.80. The highest BCUT2D eigenvalue weighted by Gasteiger charge is 2.28. The van der Waals surface area contributed by atoms with Gasteiger partial charge in [-0.25, -0.2) is 9.97 Å². The Morgan fingerprint density at radius 1 is 1.00 bits per heavy atom. The first kappa shape index (κ1) is 18.0. The van der Waals surface area contributed by atoms with Gasteiger partial charge >= 0.3 is 0 Å². The monoisotopic (exact) mass is 393 g/mol. The van der Waals surface area contributed by atoms with E-state index in [0.29, 0.717) is 0 Å². The number of piperidine rings is 1. The summed E-state index contributed by atoms with van der Waals surface area (Å²) in [4.78, 5) is 19.2. The van der Waals surface area contributed by atoms with Gasteiger partial charge in [-0.2, -0.15) is 0 Å². The van der Waals surface area contributed by atoms with E-state index in [-0.39, 0.29) is 0 Å². The molecular weight excluding hydrogens is 366 g/mol. The van der Waals surface area contributed by atoms with Crippen LogP contribution >= 0.6 is 11.3 Å². The summed E-state index contributed by atoms with van der Waals surface area (Å²) in [5, 5.41) is 1.19. The number of anilines is 1. The second-order valence-corrected chi connectivity index (χ2v) is 9.00. The molecule has 0 N–H and O–H groups in total. The molecule has 5 nitrogen and oxygen atoms in total. The van der Waals surface area contributed by atoms with E-state index in [9.17, 15) is 0 Å². The third kappa shape index (κ3) is 3.52. The SMILES string of the molecule is CN1CCCC(N2CCN(c3ncnc4sc(-c5ccccc5)cc34)CC2)C1. The lowest BCUT2D eigenvalue weighted by Crippen LogP contribution is -2.54. The maximum absolute atomic E-state index is 4.68. The van der Waals surface area contributed by atoms with Crippen LogP contribution in [0.3, 0.4) is 0 Å². The number of fused-ring (bicyclic) bond motifs is 1. The molecule has 5 rings (SSSR count). The molecule has 3 aromatic rings. The molecule has 0 saturated carbocycles. The maximum atomic E-state index is 4.68. The molecule has 0 aliphatic carbocycles. The van der Waals surface area contributed by atoms with Crippen molar-refractivity contribution in [2.45, 2.75) is 18.9 Å². The lowest BCUT2D eigenvalue weighted by molar-refractivity contribution is 0.106. The fourth-order valence-corrected chi connectivity index (χ4v) is 5.57. The largest absolute Gasteiger partial charge is 0.353 e. The molecule has 1 atom stereocenters. The minimum absolute atomic E-state index is 0.720. The number of aromatic nitrogens is 2. The number of benzene rings is 1. The minimum Gasteiger partial charge on any atom is -0.353 e. The van der Waals surface area contributed by atoms with Gasteiger partial charge in [0.15, 0.2) is 0 Å². The van der Waals surface area contributed by atoms with Crippen molar-refractivity contribution in [1.82, 2.24) is 19.8 Å². The van der Waals surface area contributed by atoms with Crippen molar-refractivity contribution in [3.63, 3.8) is 0 Å². The Morgan fingerprint density at radius 3 is 2.61 bits per heavy atom. The maximum Gasteiger partial charge on any atom is 0.140 e. The molecule has 1 aromatic carbocycles. The second kappa shape index (κ2) is 7.78. The topological polar surface area (TPSA) is 35.5 Å². The summed E-state index contributed by atoms with van der Waals surface area (Å²) in [7, 11) is 2.25. The van der Waals surface area contributed by atoms with E-state index in [1.54, 1.807) is 17.7 Å². The molecule has 0 amide bonds. The number of piperazine rings is 1. The normalized spacial score (nSPS) is 22.0. The lowest BCUT2D eigenvalue weighted by atomic mass is 10.0. The Balaban J connectivity index is 1.35. The summed E-state index contributed by atoms with van der Waals surface area (Å²) < 4.78 is 0. The minimum atomic E-state index is 0.720. The molecule has 2 aromatic heterocycles. The summed E-state index contributed by atoms with van der Waals surface area (Å²) >= 11 is 1.76. The molecule has 0 spiro atoms. The molecule has 2 fully saturated rings. The molecule has 6 heteroatoms. The first-order valence-corrected chi connectivity index (χ1v) is 11.1. The summed E-state index contributed by atoms with van der Waals surface area (Å²) in [6, 6.07) is 13.6. The van der Waals surface area contributed by atoms with Crippen LogP contribution in [0.5, 0.6) is 0 Å². The number of hydrogen-bond acceptors (Lipinski definition) is 6. The van der Waals surface area contributed by atoms with Crippen molar-refractivity contribution in [3.05, 3.63) is 42.7 Å². The van der Waals surface area contributed by atoms with Crippen molar-refractivity contribution < 1.29 is 0 Å². The number of rotatable bonds is 3. The first-order valence-electron chi connectivity index (χ1n) is 10.3. The van der Waals surface area contributed by atoms with Gasteiger partial charge < -0.3 is 9.80 Å². The van der Waals surface area contributed by atoms with E-state index in [1.165, 1.54) is 41.8 Å². The molecule has 1 unspecified atom stereocenters. The van der Waals surface area contributed by atoms with Gasteiger partial charge in [0.1, 0.15) is 17.0 Å². The van der Waals surface area contributed by atoms with Crippen LogP contribution in [0.2, 0.25) is 0 Å². The summed E-state index contributed by atoms with van der Waals surface area (Å²) in [5.74, 6) is 1.10. The number of likely N-dealkylation sites (N-methyl/N-ethyl adjacent to an activating group) is 1. The van der Waals surface area contributed by atoms with Gasteiger partial charge in [0.05, 0.1) is 5.39 Å². The molecule has 2 saturated heterocycles. The lowest BCUT2D eigenvalue weighted by Gasteiger charge is -2.43. The fourth-order valence-electron chi connectivity index (χ4n) is 4.58. The van der Waals surface area contributed by atoms with Crippen LogP contribution in [-0.4, -0.2) is 72.1 Å². The van der Waals surface area contributed by atoms with E-state index in [0.717, 1.165) is 42.9 Å².